The minimum Gasteiger partial charge on any atom is -0.462 e. The molecule has 4 rings (SSSR count). The number of hydrogen-bond acceptors (Lipinski definition) is 6. The van der Waals surface area contributed by atoms with Gasteiger partial charge >= 0.3 is 5.97 Å². The Labute approximate surface area is 247 Å². The van der Waals surface area contributed by atoms with E-state index >= 15 is 0 Å². The van der Waals surface area contributed by atoms with Crippen molar-refractivity contribution in [1.29, 1.82) is 0 Å². The van der Waals surface area contributed by atoms with E-state index < -0.39 is 21.9 Å². The highest BCUT2D eigenvalue weighted by Gasteiger charge is 2.21. The summed E-state index contributed by atoms with van der Waals surface area (Å²) in [6, 6.07) is 28.6. The van der Waals surface area contributed by atoms with Crippen LogP contribution in [0.4, 0.5) is 0 Å². The van der Waals surface area contributed by atoms with Crippen LogP contribution >= 0.6 is 11.6 Å². The van der Waals surface area contributed by atoms with E-state index in [-0.39, 0.29) is 16.4 Å². The summed E-state index contributed by atoms with van der Waals surface area (Å²) >= 11 is 6.13. The van der Waals surface area contributed by atoms with Gasteiger partial charge in [0, 0.05) is 24.7 Å². The van der Waals surface area contributed by atoms with Crippen LogP contribution in [0.3, 0.4) is 0 Å². The lowest BCUT2D eigenvalue weighted by Gasteiger charge is -2.25. The predicted molar refractivity (Wildman–Crippen MR) is 161 cm³/mol. The maximum absolute atomic E-state index is 13.3. The second kappa shape index (κ2) is 13.9. The zero-order chi connectivity index (χ0) is 29.4. The molecule has 41 heavy (non-hydrogen) atoms. The number of rotatable bonds is 12. The van der Waals surface area contributed by atoms with Crippen LogP contribution in [0.1, 0.15) is 45.6 Å². The SMILES string of the molecule is CCOC(=O)c1ccc(S(=O)(=O)c2ccc(CCN(Cc3ccccc3)CC(O)c3cccc(Cl)c3)cc2)cc1C. The summed E-state index contributed by atoms with van der Waals surface area (Å²) in [5.41, 5.74) is 3.77. The van der Waals surface area contributed by atoms with E-state index in [9.17, 15) is 18.3 Å². The van der Waals surface area contributed by atoms with Crippen molar-refractivity contribution in [3.63, 3.8) is 0 Å². The molecule has 4 aromatic rings. The van der Waals surface area contributed by atoms with E-state index in [0.717, 1.165) is 16.7 Å². The summed E-state index contributed by atoms with van der Waals surface area (Å²) in [7, 11) is -3.76. The Morgan fingerprint density at radius 1 is 0.902 bits per heavy atom. The number of hydrogen-bond donors (Lipinski definition) is 1. The van der Waals surface area contributed by atoms with E-state index in [1.807, 2.05) is 42.5 Å². The van der Waals surface area contributed by atoms with Crippen molar-refractivity contribution in [2.24, 2.45) is 0 Å². The predicted octanol–water partition coefficient (Wildman–Crippen LogP) is 6.44. The van der Waals surface area contributed by atoms with Crippen LogP contribution in [0.5, 0.6) is 0 Å². The number of carbonyl (C=O) groups excluding carboxylic acids is 1. The second-order valence-electron chi connectivity index (χ2n) is 9.89. The van der Waals surface area contributed by atoms with Crippen LogP contribution < -0.4 is 0 Å². The lowest BCUT2D eigenvalue weighted by atomic mass is 10.1. The van der Waals surface area contributed by atoms with Crippen molar-refractivity contribution in [1.82, 2.24) is 4.90 Å². The van der Waals surface area contributed by atoms with Gasteiger partial charge in [0.2, 0.25) is 9.84 Å². The van der Waals surface area contributed by atoms with Crippen LogP contribution in [0.15, 0.2) is 107 Å². The molecule has 1 unspecified atom stereocenters. The van der Waals surface area contributed by atoms with Crippen molar-refractivity contribution >= 4 is 27.4 Å². The zero-order valence-electron chi connectivity index (χ0n) is 23.2. The number of aliphatic hydroxyl groups is 1. The Balaban J connectivity index is 1.46. The molecular formula is C33H34ClNO5S. The van der Waals surface area contributed by atoms with E-state index in [0.29, 0.717) is 42.2 Å². The third-order valence-corrected chi connectivity index (χ3v) is 8.87. The van der Waals surface area contributed by atoms with Gasteiger partial charge in [-0.2, -0.15) is 0 Å². The third-order valence-electron chi connectivity index (χ3n) is 6.87. The highest BCUT2D eigenvalue weighted by Crippen LogP contribution is 2.25. The minimum absolute atomic E-state index is 0.125. The fraction of sp³-hybridized carbons (Fsp3) is 0.242. The van der Waals surface area contributed by atoms with Gasteiger partial charge in [0.15, 0.2) is 0 Å². The van der Waals surface area contributed by atoms with Gasteiger partial charge in [-0.15, -0.1) is 0 Å². The molecule has 6 nitrogen and oxygen atoms in total. The largest absolute Gasteiger partial charge is 0.462 e. The molecule has 0 aliphatic heterocycles. The van der Waals surface area contributed by atoms with Crippen molar-refractivity contribution in [2.75, 3.05) is 19.7 Å². The average molecular weight is 592 g/mol. The van der Waals surface area contributed by atoms with Gasteiger partial charge in [0.05, 0.1) is 28.1 Å². The molecule has 0 radical (unpaired) electrons. The second-order valence-corrected chi connectivity index (χ2v) is 12.3. The number of nitrogens with zero attached hydrogens (tertiary/aromatic N) is 1. The lowest BCUT2D eigenvalue weighted by molar-refractivity contribution is 0.0525. The summed E-state index contributed by atoms with van der Waals surface area (Å²) in [6.45, 7) is 5.40. The van der Waals surface area contributed by atoms with E-state index in [1.54, 1.807) is 38.1 Å². The Kier molecular flexibility index (Phi) is 10.3. The number of aryl methyl sites for hydroxylation is 1. The monoisotopic (exact) mass is 591 g/mol. The topological polar surface area (TPSA) is 83.9 Å². The Hall–Kier alpha value is -3.49. The van der Waals surface area contributed by atoms with Gasteiger partial charge in [-0.25, -0.2) is 13.2 Å². The van der Waals surface area contributed by atoms with Gasteiger partial charge in [0.1, 0.15) is 0 Å². The summed E-state index contributed by atoms with van der Waals surface area (Å²) in [4.78, 5) is 14.6. The Morgan fingerprint density at radius 3 is 2.27 bits per heavy atom. The quantitative estimate of drug-likeness (QED) is 0.191. The third kappa shape index (κ3) is 8.05. The molecule has 0 aliphatic rings. The number of sulfone groups is 1. The van der Waals surface area contributed by atoms with E-state index in [4.69, 9.17) is 16.3 Å². The Morgan fingerprint density at radius 2 is 1.61 bits per heavy atom. The summed E-state index contributed by atoms with van der Waals surface area (Å²) in [5, 5.41) is 11.5. The maximum Gasteiger partial charge on any atom is 0.338 e. The first-order valence-electron chi connectivity index (χ1n) is 13.5. The first-order chi connectivity index (χ1) is 19.7. The molecule has 0 fully saturated rings. The molecule has 0 saturated carbocycles. The van der Waals surface area contributed by atoms with Crippen molar-refractivity contribution in [3.8, 4) is 0 Å². The minimum atomic E-state index is -3.76. The lowest BCUT2D eigenvalue weighted by Crippen LogP contribution is -2.30. The normalized spacial score (nSPS) is 12.3. The standard InChI is InChI=1S/C33H34ClNO5S/c1-3-40-33(37)31-17-16-30(20-24(31)2)41(38,39)29-14-12-25(13-15-29)18-19-35(22-26-8-5-4-6-9-26)23-32(36)27-10-7-11-28(34)21-27/h4-17,20-21,32,36H,3,18-19,22-23H2,1-2H3. The molecule has 0 aromatic heterocycles. The first kappa shape index (κ1) is 30.5. The summed E-state index contributed by atoms with van der Waals surface area (Å²) < 4.78 is 31.6. The summed E-state index contributed by atoms with van der Waals surface area (Å²) in [6.07, 6.45) is -0.0356. The van der Waals surface area contributed by atoms with Crippen LogP contribution in [0, 0.1) is 6.92 Å². The fourth-order valence-electron chi connectivity index (χ4n) is 4.64. The average Bonchev–Trinajstić information content (AvgIpc) is 2.96. The number of aliphatic hydroxyl groups excluding tert-OH is 1. The molecule has 0 spiro atoms. The number of ether oxygens (including phenoxy) is 1. The van der Waals surface area contributed by atoms with Crippen LogP contribution in [-0.2, 0) is 27.5 Å². The Bertz CT molecular complexity index is 1570. The van der Waals surface area contributed by atoms with Crippen LogP contribution in [0.25, 0.3) is 0 Å². The fourth-order valence-corrected chi connectivity index (χ4v) is 6.18. The van der Waals surface area contributed by atoms with E-state index in [2.05, 4.69) is 17.0 Å². The first-order valence-corrected chi connectivity index (χ1v) is 15.3. The van der Waals surface area contributed by atoms with Gasteiger partial charge in [-0.05, 0) is 85.0 Å². The molecule has 0 heterocycles. The molecule has 0 bridgehead atoms. The smallest absolute Gasteiger partial charge is 0.338 e. The van der Waals surface area contributed by atoms with Gasteiger partial charge in [-0.3, -0.25) is 4.90 Å². The molecule has 214 valence electrons. The van der Waals surface area contributed by atoms with Crippen LogP contribution in [-0.4, -0.2) is 44.1 Å². The van der Waals surface area contributed by atoms with E-state index in [1.165, 1.54) is 18.2 Å². The highest BCUT2D eigenvalue weighted by molar-refractivity contribution is 7.91. The van der Waals surface area contributed by atoms with Gasteiger partial charge in [-0.1, -0.05) is 66.2 Å². The van der Waals surface area contributed by atoms with Crippen molar-refractivity contribution < 1.29 is 23.1 Å². The van der Waals surface area contributed by atoms with Crippen molar-refractivity contribution in [2.45, 2.75) is 42.7 Å². The maximum atomic E-state index is 13.3. The molecule has 8 heteroatoms. The van der Waals surface area contributed by atoms with Crippen LogP contribution in [0.2, 0.25) is 5.02 Å². The number of halogens is 1. The molecule has 1 atom stereocenters. The molecule has 1 N–H and O–H groups in total. The van der Waals surface area contributed by atoms with Gasteiger partial charge < -0.3 is 9.84 Å². The molecular weight excluding hydrogens is 558 g/mol. The summed E-state index contributed by atoms with van der Waals surface area (Å²) in [5.74, 6) is -0.473. The number of esters is 1. The van der Waals surface area contributed by atoms with Gasteiger partial charge in [0.25, 0.3) is 0 Å². The molecule has 0 aliphatic carbocycles. The number of carbonyl (C=O) groups is 1. The highest BCUT2D eigenvalue weighted by atomic mass is 35.5. The molecule has 4 aromatic carbocycles. The number of benzene rings is 4. The molecule has 0 amide bonds. The molecule has 0 saturated heterocycles. The zero-order valence-corrected chi connectivity index (χ0v) is 24.7. The van der Waals surface area contributed by atoms with Crippen molar-refractivity contribution in [3.05, 3.63) is 130 Å².